The molecule has 140 valence electrons. The topological polar surface area (TPSA) is 49.0 Å². The van der Waals surface area contributed by atoms with Crippen molar-refractivity contribution in [2.24, 2.45) is 9.98 Å². The number of benzene rings is 1. The quantitative estimate of drug-likeness (QED) is 0.823. The van der Waals surface area contributed by atoms with Crippen LogP contribution in [-0.2, 0) is 26.1 Å². The monoisotopic (exact) mass is 362 g/mol. The van der Waals surface area contributed by atoms with Crippen LogP contribution in [0.5, 0.6) is 0 Å². The zero-order chi connectivity index (χ0) is 17.8. The van der Waals surface area contributed by atoms with E-state index in [4.69, 9.17) is 4.98 Å². The second-order valence-corrected chi connectivity index (χ2v) is 8.36. The second-order valence-electron chi connectivity index (χ2n) is 8.36. The third kappa shape index (κ3) is 2.65. The number of aliphatic imine (C=N–C) groups is 2. The summed E-state index contributed by atoms with van der Waals surface area (Å²) in [4.78, 5) is 19.1. The first-order chi connectivity index (χ1) is 13.3. The Hall–Kier alpha value is -2.05. The van der Waals surface area contributed by atoms with Gasteiger partial charge in [0.1, 0.15) is 12.0 Å². The van der Waals surface area contributed by atoms with E-state index in [1.807, 2.05) is 6.21 Å². The standard InChI is InChI=1S/C21H26N6/c1-2-17(3-1)25-7-4-20-24-18-10-15-13-26(21-12-22-5-6-23-21)14-16(15)11-19(18)27(20)9-8-25/h5-6,10-11,17,21H,1-4,7-9,12-14H2. The van der Waals surface area contributed by atoms with E-state index in [-0.39, 0.29) is 6.17 Å². The summed E-state index contributed by atoms with van der Waals surface area (Å²) >= 11 is 0. The molecule has 6 rings (SSSR count). The Morgan fingerprint density at radius 3 is 2.59 bits per heavy atom. The maximum atomic E-state index is 5.03. The number of fused-ring (bicyclic) bond motifs is 4. The summed E-state index contributed by atoms with van der Waals surface area (Å²) in [6, 6.07) is 5.55. The second kappa shape index (κ2) is 6.24. The fourth-order valence-corrected chi connectivity index (χ4v) is 5.04. The zero-order valence-corrected chi connectivity index (χ0v) is 15.7. The van der Waals surface area contributed by atoms with Gasteiger partial charge >= 0.3 is 0 Å². The molecule has 0 amide bonds. The summed E-state index contributed by atoms with van der Waals surface area (Å²) in [5.41, 5.74) is 5.35. The Balaban J connectivity index is 1.28. The number of hydrogen-bond donors (Lipinski definition) is 0. The third-order valence-electron chi connectivity index (χ3n) is 6.84. The van der Waals surface area contributed by atoms with E-state index in [1.54, 1.807) is 6.21 Å². The van der Waals surface area contributed by atoms with Crippen LogP contribution < -0.4 is 0 Å². The van der Waals surface area contributed by atoms with Gasteiger partial charge in [0.2, 0.25) is 0 Å². The fraction of sp³-hybridized carbons (Fsp3) is 0.571. The molecule has 4 heterocycles. The van der Waals surface area contributed by atoms with Gasteiger partial charge in [-0.05, 0) is 36.1 Å². The van der Waals surface area contributed by atoms with Gasteiger partial charge in [0.15, 0.2) is 0 Å². The molecule has 1 aromatic carbocycles. The lowest BCUT2D eigenvalue weighted by molar-refractivity contribution is 0.130. The maximum absolute atomic E-state index is 5.03. The molecule has 0 bridgehead atoms. The SMILES string of the molecule is C1=NCC(N2Cc3cc4nc5n(c4cc3C2)CCN(C2CCC2)CC5)N=C1. The van der Waals surface area contributed by atoms with Gasteiger partial charge in [0.25, 0.3) is 0 Å². The summed E-state index contributed by atoms with van der Waals surface area (Å²) in [7, 11) is 0. The molecular formula is C21H26N6. The van der Waals surface area contributed by atoms with E-state index in [2.05, 4.69) is 36.5 Å². The average Bonchev–Trinajstić information content (AvgIpc) is 3.15. The van der Waals surface area contributed by atoms with Gasteiger partial charge in [-0.25, -0.2) is 4.98 Å². The molecule has 0 spiro atoms. The van der Waals surface area contributed by atoms with E-state index >= 15 is 0 Å². The fourth-order valence-electron chi connectivity index (χ4n) is 5.04. The number of aromatic nitrogens is 2. The van der Waals surface area contributed by atoms with Crippen LogP contribution in [0.4, 0.5) is 0 Å². The molecule has 4 aliphatic rings. The third-order valence-corrected chi connectivity index (χ3v) is 6.84. The Labute approximate surface area is 159 Å². The Morgan fingerprint density at radius 2 is 1.81 bits per heavy atom. The van der Waals surface area contributed by atoms with E-state index in [1.165, 1.54) is 60.3 Å². The minimum atomic E-state index is 0.186. The first kappa shape index (κ1) is 16.0. The molecule has 0 saturated heterocycles. The van der Waals surface area contributed by atoms with Crippen molar-refractivity contribution < 1.29 is 0 Å². The van der Waals surface area contributed by atoms with Gasteiger partial charge in [-0.15, -0.1) is 0 Å². The first-order valence-corrected chi connectivity index (χ1v) is 10.4. The van der Waals surface area contributed by atoms with E-state index < -0.39 is 0 Å². The highest BCUT2D eigenvalue weighted by Gasteiger charge is 2.29. The first-order valence-electron chi connectivity index (χ1n) is 10.4. The molecule has 1 saturated carbocycles. The van der Waals surface area contributed by atoms with Crippen LogP contribution in [0.2, 0.25) is 0 Å². The predicted molar refractivity (Wildman–Crippen MR) is 108 cm³/mol. The van der Waals surface area contributed by atoms with Crippen LogP contribution in [0.15, 0.2) is 22.1 Å². The van der Waals surface area contributed by atoms with E-state index in [9.17, 15) is 0 Å². The lowest BCUT2D eigenvalue weighted by Gasteiger charge is -2.36. The van der Waals surface area contributed by atoms with Gasteiger partial charge in [-0.1, -0.05) is 6.42 Å². The molecule has 1 unspecified atom stereocenters. The van der Waals surface area contributed by atoms with Crippen molar-refractivity contribution >= 4 is 23.5 Å². The Bertz CT molecular complexity index is 938. The molecule has 1 aliphatic carbocycles. The average molecular weight is 362 g/mol. The van der Waals surface area contributed by atoms with Crippen molar-refractivity contribution in [3.8, 4) is 0 Å². The largest absolute Gasteiger partial charge is 0.327 e. The minimum absolute atomic E-state index is 0.186. The number of nitrogens with zero attached hydrogens (tertiary/aromatic N) is 6. The van der Waals surface area contributed by atoms with Crippen LogP contribution in [0, 0.1) is 0 Å². The molecule has 3 aliphatic heterocycles. The van der Waals surface area contributed by atoms with Crippen molar-refractivity contribution in [2.45, 2.75) is 57.5 Å². The molecule has 1 aromatic heterocycles. The number of hydrogen-bond acceptors (Lipinski definition) is 5. The van der Waals surface area contributed by atoms with Gasteiger partial charge in [0.05, 0.1) is 17.6 Å². The normalized spacial score (nSPS) is 26.1. The lowest BCUT2D eigenvalue weighted by atomic mass is 9.91. The van der Waals surface area contributed by atoms with E-state index in [0.29, 0.717) is 0 Å². The molecule has 1 fully saturated rings. The van der Waals surface area contributed by atoms with E-state index in [0.717, 1.165) is 38.6 Å². The van der Waals surface area contributed by atoms with Crippen molar-refractivity contribution in [2.75, 3.05) is 19.6 Å². The molecule has 1 atom stereocenters. The predicted octanol–water partition coefficient (Wildman–Crippen LogP) is 2.24. The van der Waals surface area contributed by atoms with Gasteiger partial charge in [-0.2, -0.15) is 0 Å². The Morgan fingerprint density at radius 1 is 0.926 bits per heavy atom. The van der Waals surface area contributed by atoms with Crippen molar-refractivity contribution in [1.29, 1.82) is 0 Å². The highest BCUT2D eigenvalue weighted by molar-refractivity contribution is 6.16. The van der Waals surface area contributed by atoms with Crippen LogP contribution in [0.1, 0.15) is 36.2 Å². The highest BCUT2D eigenvalue weighted by atomic mass is 15.3. The smallest absolute Gasteiger partial charge is 0.122 e. The maximum Gasteiger partial charge on any atom is 0.122 e. The van der Waals surface area contributed by atoms with Crippen molar-refractivity contribution in [3.63, 3.8) is 0 Å². The molecule has 6 nitrogen and oxygen atoms in total. The molecule has 2 aromatic rings. The number of imidazole rings is 1. The lowest BCUT2D eigenvalue weighted by Crippen LogP contribution is -2.41. The van der Waals surface area contributed by atoms with Crippen molar-refractivity contribution in [1.82, 2.24) is 19.4 Å². The minimum Gasteiger partial charge on any atom is -0.327 e. The number of rotatable bonds is 2. The summed E-state index contributed by atoms with van der Waals surface area (Å²) < 4.78 is 2.49. The highest BCUT2D eigenvalue weighted by Crippen LogP contribution is 2.32. The van der Waals surface area contributed by atoms with Gasteiger partial charge < -0.3 is 4.57 Å². The summed E-state index contributed by atoms with van der Waals surface area (Å²) in [5.74, 6) is 1.28. The van der Waals surface area contributed by atoms with Crippen LogP contribution >= 0.6 is 0 Å². The zero-order valence-electron chi connectivity index (χ0n) is 15.7. The van der Waals surface area contributed by atoms with Crippen LogP contribution in [0.25, 0.3) is 11.0 Å². The molecule has 27 heavy (non-hydrogen) atoms. The van der Waals surface area contributed by atoms with Crippen molar-refractivity contribution in [3.05, 3.63) is 29.1 Å². The summed E-state index contributed by atoms with van der Waals surface area (Å²) in [5, 5.41) is 0. The van der Waals surface area contributed by atoms with Crippen LogP contribution in [0.3, 0.4) is 0 Å². The molecular weight excluding hydrogens is 336 g/mol. The Kier molecular flexibility index (Phi) is 3.69. The summed E-state index contributed by atoms with van der Waals surface area (Å²) in [6.45, 7) is 6.11. The van der Waals surface area contributed by atoms with Gasteiger partial charge in [0, 0.05) is 57.6 Å². The molecule has 0 N–H and O–H groups in total. The molecule has 6 heteroatoms. The summed E-state index contributed by atoms with van der Waals surface area (Å²) in [6.07, 6.45) is 9.09. The molecule has 0 radical (unpaired) electrons. The van der Waals surface area contributed by atoms with Gasteiger partial charge in [-0.3, -0.25) is 19.8 Å². The van der Waals surface area contributed by atoms with Crippen LogP contribution in [-0.4, -0.2) is 63.6 Å².